The Morgan fingerprint density at radius 2 is 1.58 bits per heavy atom. The number of phenols is 1. The van der Waals surface area contributed by atoms with E-state index in [4.69, 9.17) is 4.74 Å². The average molecular weight is 347 g/mol. The minimum absolute atomic E-state index is 0.179. The van der Waals surface area contributed by atoms with Gasteiger partial charge in [-0.2, -0.15) is 0 Å². The third-order valence-electron chi connectivity index (χ3n) is 2.99. The van der Waals surface area contributed by atoms with Gasteiger partial charge in [0, 0.05) is 0 Å². The summed E-state index contributed by atoms with van der Waals surface area (Å²) in [5.74, 6) is -10.3. The smallest absolute Gasteiger partial charge is 0.200 e. The maximum absolute atomic E-state index is 13.4. The first-order valence-corrected chi connectivity index (χ1v) is 6.39. The van der Waals surface area contributed by atoms with Crippen LogP contribution in [0.1, 0.15) is 11.1 Å². The van der Waals surface area contributed by atoms with Gasteiger partial charge in [0.1, 0.15) is 6.61 Å². The second-order valence-corrected chi connectivity index (χ2v) is 4.49. The van der Waals surface area contributed by atoms with Gasteiger partial charge in [0.25, 0.3) is 0 Å². The molecule has 128 valence electrons. The topological polar surface area (TPSA) is 51.0 Å². The zero-order valence-corrected chi connectivity index (χ0v) is 12.1. The first-order chi connectivity index (χ1) is 11.4. The van der Waals surface area contributed by atoms with Gasteiger partial charge in [-0.15, -0.1) is 0 Å². The molecule has 0 bridgehead atoms. The minimum Gasteiger partial charge on any atom is -0.504 e. The minimum atomic E-state index is -2.24. The van der Waals surface area contributed by atoms with Gasteiger partial charge in [-0.25, -0.2) is 22.0 Å². The van der Waals surface area contributed by atoms with Crippen molar-refractivity contribution in [3.05, 3.63) is 58.4 Å². The number of nitrogens with zero attached hydrogens (tertiary/aromatic N) is 1. The van der Waals surface area contributed by atoms with Gasteiger partial charge in [-0.3, -0.25) is 0 Å². The molecular weight excluding hydrogens is 337 g/mol. The lowest BCUT2D eigenvalue weighted by Gasteiger charge is -2.07. The van der Waals surface area contributed by atoms with Crippen molar-refractivity contribution in [1.82, 2.24) is 0 Å². The molecule has 2 aromatic rings. The first kappa shape index (κ1) is 17.5. The van der Waals surface area contributed by atoms with Crippen molar-refractivity contribution < 1.29 is 36.6 Å². The van der Waals surface area contributed by atoms with Crippen LogP contribution in [0.2, 0.25) is 0 Å². The predicted molar refractivity (Wildman–Crippen MR) is 73.3 cm³/mol. The van der Waals surface area contributed by atoms with Crippen LogP contribution in [0.15, 0.2) is 23.4 Å². The lowest BCUT2D eigenvalue weighted by molar-refractivity contribution is 0.124. The summed E-state index contributed by atoms with van der Waals surface area (Å²) >= 11 is 0. The van der Waals surface area contributed by atoms with Crippen molar-refractivity contribution in [3.8, 4) is 11.5 Å². The summed E-state index contributed by atoms with van der Waals surface area (Å²) in [4.78, 5) is 4.55. The van der Waals surface area contributed by atoms with Crippen LogP contribution in [0.3, 0.4) is 0 Å². The van der Waals surface area contributed by atoms with E-state index in [1.807, 2.05) is 0 Å². The van der Waals surface area contributed by atoms with Gasteiger partial charge in [0.05, 0.1) is 18.9 Å². The van der Waals surface area contributed by atoms with Crippen LogP contribution in [0.5, 0.6) is 11.5 Å². The van der Waals surface area contributed by atoms with E-state index in [2.05, 4.69) is 9.99 Å². The Morgan fingerprint density at radius 3 is 2.12 bits per heavy atom. The quantitative estimate of drug-likeness (QED) is 0.295. The zero-order valence-electron chi connectivity index (χ0n) is 12.1. The lowest BCUT2D eigenvalue weighted by atomic mass is 10.2. The predicted octanol–water partition coefficient (Wildman–Crippen LogP) is 3.65. The Bertz CT molecular complexity index is 766. The molecule has 0 unspecified atom stereocenters. The molecule has 0 aliphatic heterocycles. The van der Waals surface area contributed by atoms with E-state index >= 15 is 0 Å². The van der Waals surface area contributed by atoms with Crippen LogP contribution >= 0.6 is 0 Å². The number of hydrogen-bond donors (Lipinski definition) is 1. The molecule has 0 aromatic heterocycles. The summed E-state index contributed by atoms with van der Waals surface area (Å²) < 4.78 is 70.5. The van der Waals surface area contributed by atoms with Crippen LogP contribution in [0.25, 0.3) is 0 Å². The fraction of sp³-hybridized carbons (Fsp3) is 0.133. The standard InChI is InChI=1S/C15H10F5NO3/c1-23-10-3-2-7(4-9(10)22)5-21-24-6-8-11(16)13(18)15(20)14(19)12(8)17/h2-5,22H,6H2,1H3/b21-5+. The highest BCUT2D eigenvalue weighted by Gasteiger charge is 2.25. The molecule has 24 heavy (non-hydrogen) atoms. The van der Waals surface area contributed by atoms with Gasteiger partial charge >= 0.3 is 0 Å². The molecule has 9 heteroatoms. The highest BCUT2D eigenvalue weighted by Crippen LogP contribution is 2.26. The Hall–Kier alpha value is -2.84. The number of phenolic OH excluding ortho intramolecular Hbond substituents is 1. The Labute approximate surface area is 132 Å². The van der Waals surface area contributed by atoms with Crippen molar-refractivity contribution in [1.29, 1.82) is 0 Å². The van der Waals surface area contributed by atoms with Gasteiger partial charge in [0.15, 0.2) is 34.8 Å². The van der Waals surface area contributed by atoms with Crippen molar-refractivity contribution >= 4 is 6.21 Å². The van der Waals surface area contributed by atoms with Gasteiger partial charge < -0.3 is 14.7 Å². The molecule has 0 spiro atoms. The van der Waals surface area contributed by atoms with E-state index in [0.717, 1.165) is 6.21 Å². The van der Waals surface area contributed by atoms with E-state index in [0.29, 0.717) is 5.56 Å². The van der Waals surface area contributed by atoms with Gasteiger partial charge in [0.2, 0.25) is 5.82 Å². The molecule has 0 fully saturated rings. The Balaban J connectivity index is 2.11. The molecule has 0 amide bonds. The number of rotatable bonds is 5. The molecule has 0 radical (unpaired) electrons. The molecule has 0 saturated carbocycles. The van der Waals surface area contributed by atoms with Crippen molar-refractivity contribution in [2.24, 2.45) is 5.16 Å². The second kappa shape index (κ2) is 7.16. The summed E-state index contributed by atoms with van der Waals surface area (Å²) in [6.07, 6.45) is 1.07. The number of benzene rings is 2. The van der Waals surface area contributed by atoms with E-state index in [-0.39, 0.29) is 11.5 Å². The monoisotopic (exact) mass is 347 g/mol. The fourth-order valence-electron chi connectivity index (χ4n) is 1.76. The summed E-state index contributed by atoms with van der Waals surface area (Å²) in [5, 5.41) is 12.9. The maximum Gasteiger partial charge on any atom is 0.200 e. The van der Waals surface area contributed by atoms with Crippen molar-refractivity contribution in [2.45, 2.75) is 6.61 Å². The molecule has 2 aromatic carbocycles. The van der Waals surface area contributed by atoms with E-state index < -0.39 is 41.3 Å². The van der Waals surface area contributed by atoms with E-state index in [1.165, 1.54) is 25.3 Å². The largest absolute Gasteiger partial charge is 0.504 e. The number of halogens is 5. The SMILES string of the molecule is COc1ccc(/C=N/OCc2c(F)c(F)c(F)c(F)c2F)cc1O. The normalized spacial score (nSPS) is 11.1. The number of oxime groups is 1. The Kier molecular flexibility index (Phi) is 5.22. The first-order valence-electron chi connectivity index (χ1n) is 6.39. The molecule has 0 heterocycles. The van der Waals surface area contributed by atoms with Crippen molar-refractivity contribution in [3.63, 3.8) is 0 Å². The van der Waals surface area contributed by atoms with Crippen LogP contribution in [0.4, 0.5) is 22.0 Å². The summed E-state index contributed by atoms with van der Waals surface area (Å²) in [7, 11) is 1.36. The zero-order chi connectivity index (χ0) is 17.9. The molecule has 0 atom stereocenters. The molecule has 0 aliphatic carbocycles. The number of hydrogen-bond acceptors (Lipinski definition) is 4. The lowest BCUT2D eigenvalue weighted by Crippen LogP contribution is -2.07. The molecule has 0 saturated heterocycles. The third-order valence-corrected chi connectivity index (χ3v) is 2.99. The average Bonchev–Trinajstić information content (AvgIpc) is 2.57. The summed E-state index contributed by atoms with van der Waals surface area (Å²) in [6.45, 7) is -0.968. The van der Waals surface area contributed by atoms with E-state index in [9.17, 15) is 27.1 Å². The number of methoxy groups -OCH3 is 1. The number of aromatic hydroxyl groups is 1. The summed E-state index contributed by atoms with van der Waals surface area (Å²) in [6, 6.07) is 4.19. The van der Waals surface area contributed by atoms with Crippen LogP contribution < -0.4 is 4.74 Å². The molecule has 2 rings (SSSR count). The maximum atomic E-state index is 13.4. The second-order valence-electron chi connectivity index (χ2n) is 4.49. The molecular formula is C15H10F5NO3. The highest BCUT2D eigenvalue weighted by atomic mass is 19.2. The van der Waals surface area contributed by atoms with Crippen molar-refractivity contribution in [2.75, 3.05) is 7.11 Å². The van der Waals surface area contributed by atoms with Gasteiger partial charge in [-0.1, -0.05) is 5.16 Å². The van der Waals surface area contributed by atoms with E-state index in [1.54, 1.807) is 0 Å². The van der Waals surface area contributed by atoms with Gasteiger partial charge in [-0.05, 0) is 23.8 Å². The summed E-state index contributed by atoms with van der Waals surface area (Å²) in [5.41, 5.74) is -0.785. The number of ether oxygens (including phenoxy) is 1. The molecule has 1 N–H and O–H groups in total. The fourth-order valence-corrected chi connectivity index (χ4v) is 1.76. The highest BCUT2D eigenvalue weighted by molar-refractivity contribution is 5.80. The van der Waals surface area contributed by atoms with Crippen LogP contribution in [-0.4, -0.2) is 18.4 Å². The Morgan fingerprint density at radius 1 is 1.00 bits per heavy atom. The van der Waals surface area contributed by atoms with Crippen LogP contribution in [-0.2, 0) is 11.4 Å². The molecule has 4 nitrogen and oxygen atoms in total. The molecule has 0 aliphatic rings. The third kappa shape index (κ3) is 3.39. The van der Waals surface area contributed by atoms with Crippen LogP contribution in [0, 0.1) is 29.1 Å².